The minimum Gasteiger partial charge on any atom is -0.459 e. The number of amides is 2. The molecule has 1 aromatic heterocycles. The summed E-state index contributed by atoms with van der Waals surface area (Å²) in [6.07, 6.45) is 1.40. The average molecular weight is 371 g/mol. The van der Waals surface area contributed by atoms with Gasteiger partial charge >= 0.3 is 5.91 Å². The fourth-order valence-corrected chi connectivity index (χ4v) is 2.77. The van der Waals surface area contributed by atoms with E-state index < -0.39 is 5.91 Å². The smallest absolute Gasteiger partial charge is 0.305 e. The Bertz CT molecular complexity index is 744. The highest BCUT2D eigenvalue weighted by atomic mass is 16.3. The highest BCUT2D eigenvalue weighted by molar-refractivity contribution is 5.93. The second-order valence-electron chi connectivity index (χ2n) is 7.95. The van der Waals surface area contributed by atoms with Crippen molar-refractivity contribution in [3.8, 4) is 0 Å². The number of rotatable bonds is 6. The van der Waals surface area contributed by atoms with Crippen LogP contribution in [0.15, 0.2) is 47.1 Å². The molecular weight excluding hydrogens is 342 g/mol. The molecule has 6 heteroatoms. The van der Waals surface area contributed by atoms with Crippen molar-refractivity contribution in [1.29, 1.82) is 0 Å². The van der Waals surface area contributed by atoms with E-state index in [0.717, 1.165) is 5.56 Å². The first-order chi connectivity index (χ1) is 12.7. The van der Waals surface area contributed by atoms with E-state index in [1.165, 1.54) is 17.9 Å². The Labute approximate surface area is 160 Å². The number of nitrogens with one attached hydrogen (secondary N) is 3. The van der Waals surface area contributed by atoms with Crippen molar-refractivity contribution in [2.24, 2.45) is 5.92 Å². The Morgan fingerprint density at radius 2 is 1.70 bits per heavy atom. The third-order valence-electron chi connectivity index (χ3n) is 4.35. The third-order valence-corrected chi connectivity index (χ3v) is 4.35. The van der Waals surface area contributed by atoms with Crippen LogP contribution in [-0.2, 0) is 10.2 Å². The second-order valence-corrected chi connectivity index (χ2v) is 7.95. The van der Waals surface area contributed by atoms with Crippen LogP contribution >= 0.6 is 0 Å². The summed E-state index contributed by atoms with van der Waals surface area (Å²) in [5.74, 6) is -0.378. The zero-order chi connectivity index (χ0) is 20.0. The maximum Gasteiger partial charge on any atom is 0.305 e. The lowest BCUT2D eigenvalue weighted by Gasteiger charge is -2.25. The van der Waals surface area contributed by atoms with E-state index in [2.05, 4.69) is 75.1 Å². The summed E-state index contributed by atoms with van der Waals surface area (Å²) in [5.41, 5.74) is 7.22. The topological polar surface area (TPSA) is 83.4 Å². The zero-order valence-electron chi connectivity index (χ0n) is 16.6. The molecule has 0 saturated heterocycles. The molecule has 0 bridgehead atoms. The summed E-state index contributed by atoms with van der Waals surface area (Å²) in [4.78, 5) is 23.8. The normalized spacial score (nSPS) is 12.7. The Balaban J connectivity index is 1.90. The molecule has 3 N–H and O–H groups in total. The lowest BCUT2D eigenvalue weighted by molar-refractivity contribution is -0.121. The number of carbonyl (C=O) groups excluding carboxylic acids is 2. The van der Waals surface area contributed by atoms with E-state index in [4.69, 9.17) is 4.42 Å². The van der Waals surface area contributed by atoms with Gasteiger partial charge in [-0.3, -0.25) is 20.4 Å². The Morgan fingerprint density at radius 3 is 2.22 bits per heavy atom. The van der Waals surface area contributed by atoms with E-state index in [0.29, 0.717) is 5.92 Å². The number of benzene rings is 1. The first kappa shape index (κ1) is 20.7. The molecule has 27 heavy (non-hydrogen) atoms. The maximum absolute atomic E-state index is 12.0. The summed E-state index contributed by atoms with van der Waals surface area (Å²) in [7, 11) is 0. The van der Waals surface area contributed by atoms with Crippen LogP contribution in [-0.4, -0.2) is 18.4 Å². The molecule has 1 aromatic carbocycles. The number of hydrogen-bond acceptors (Lipinski definition) is 4. The molecular formula is C21H29N3O3. The monoisotopic (exact) mass is 371 g/mol. The maximum atomic E-state index is 12.0. The molecule has 6 nitrogen and oxygen atoms in total. The summed E-state index contributed by atoms with van der Waals surface area (Å²) < 4.78 is 4.97. The lowest BCUT2D eigenvalue weighted by atomic mass is 9.85. The Morgan fingerprint density at radius 1 is 1.04 bits per heavy atom. The predicted molar refractivity (Wildman–Crippen MR) is 105 cm³/mol. The first-order valence-electron chi connectivity index (χ1n) is 9.15. The van der Waals surface area contributed by atoms with Crippen molar-refractivity contribution < 1.29 is 14.0 Å². The van der Waals surface area contributed by atoms with Crippen LogP contribution in [0, 0.1) is 5.92 Å². The second kappa shape index (κ2) is 8.86. The van der Waals surface area contributed by atoms with Crippen molar-refractivity contribution in [3.63, 3.8) is 0 Å². The molecule has 2 rings (SSSR count). The molecule has 0 aliphatic carbocycles. The van der Waals surface area contributed by atoms with Crippen molar-refractivity contribution in [1.82, 2.24) is 16.2 Å². The van der Waals surface area contributed by atoms with Gasteiger partial charge in [0.2, 0.25) is 0 Å². The molecule has 0 unspecified atom stereocenters. The van der Waals surface area contributed by atoms with Crippen LogP contribution in [0.4, 0.5) is 0 Å². The summed E-state index contributed by atoms with van der Waals surface area (Å²) in [6.45, 7) is 10.8. The lowest BCUT2D eigenvalue weighted by Crippen LogP contribution is -2.46. The van der Waals surface area contributed by atoms with E-state index in [1.54, 1.807) is 6.07 Å². The number of furan rings is 1. The Hall–Kier alpha value is -2.60. The van der Waals surface area contributed by atoms with Gasteiger partial charge in [-0.05, 0) is 34.6 Å². The van der Waals surface area contributed by atoms with Gasteiger partial charge in [-0.2, -0.15) is 0 Å². The largest absolute Gasteiger partial charge is 0.459 e. The van der Waals surface area contributed by atoms with Crippen molar-refractivity contribution >= 4 is 11.8 Å². The van der Waals surface area contributed by atoms with Gasteiger partial charge in [0.15, 0.2) is 5.76 Å². The molecule has 0 radical (unpaired) electrons. The van der Waals surface area contributed by atoms with Crippen LogP contribution in [0.25, 0.3) is 0 Å². The molecule has 0 spiro atoms. The minimum absolute atomic E-state index is 0.0329. The van der Waals surface area contributed by atoms with Gasteiger partial charge in [0, 0.05) is 6.04 Å². The standard InChI is InChI=1S/C21H29N3O3/c1-14(2)19(15-8-10-16(11-9-15)21(3,4)5)22-13-18(25)23-24-20(26)17-7-6-12-27-17/h6-12,14,19,22H,13H2,1-5H3,(H,23,25)(H,24,26)/t19-/m0/s1. The molecule has 1 heterocycles. The van der Waals surface area contributed by atoms with E-state index in [1.807, 2.05) is 0 Å². The fraction of sp³-hybridized carbons (Fsp3) is 0.429. The van der Waals surface area contributed by atoms with Crippen LogP contribution in [0.1, 0.15) is 62.3 Å². The van der Waals surface area contributed by atoms with Gasteiger partial charge < -0.3 is 9.73 Å². The highest BCUT2D eigenvalue weighted by Crippen LogP contribution is 2.26. The van der Waals surface area contributed by atoms with Gasteiger partial charge in [-0.25, -0.2) is 0 Å². The zero-order valence-corrected chi connectivity index (χ0v) is 16.6. The van der Waals surface area contributed by atoms with Crippen LogP contribution in [0.2, 0.25) is 0 Å². The number of hydrogen-bond donors (Lipinski definition) is 3. The molecule has 2 aromatic rings. The van der Waals surface area contributed by atoms with E-state index in [9.17, 15) is 9.59 Å². The SMILES string of the molecule is CC(C)[C@H](NCC(=O)NNC(=O)c1ccco1)c1ccc(C(C)(C)C)cc1. The van der Waals surface area contributed by atoms with Crippen molar-refractivity contribution in [2.45, 2.75) is 46.1 Å². The predicted octanol–water partition coefficient (Wildman–Crippen LogP) is 3.33. The first-order valence-corrected chi connectivity index (χ1v) is 9.15. The minimum atomic E-state index is -0.494. The fourth-order valence-electron chi connectivity index (χ4n) is 2.77. The highest BCUT2D eigenvalue weighted by Gasteiger charge is 2.19. The van der Waals surface area contributed by atoms with Gasteiger partial charge in [-0.1, -0.05) is 58.9 Å². The van der Waals surface area contributed by atoms with Crippen LogP contribution in [0.5, 0.6) is 0 Å². The number of hydrazine groups is 1. The van der Waals surface area contributed by atoms with Crippen molar-refractivity contribution in [3.05, 3.63) is 59.5 Å². The summed E-state index contributed by atoms with van der Waals surface area (Å²) in [5, 5.41) is 3.27. The number of carbonyl (C=O) groups is 2. The molecule has 0 aliphatic heterocycles. The quantitative estimate of drug-likeness (QED) is 0.680. The average Bonchev–Trinajstić information content (AvgIpc) is 3.14. The molecule has 0 fully saturated rings. The molecule has 1 atom stereocenters. The van der Waals surface area contributed by atoms with Gasteiger partial charge in [0.25, 0.3) is 5.91 Å². The van der Waals surface area contributed by atoms with Gasteiger partial charge in [-0.15, -0.1) is 0 Å². The van der Waals surface area contributed by atoms with Crippen LogP contribution < -0.4 is 16.2 Å². The molecule has 0 aliphatic rings. The van der Waals surface area contributed by atoms with Crippen molar-refractivity contribution in [2.75, 3.05) is 6.54 Å². The molecule has 2 amide bonds. The molecule has 0 saturated carbocycles. The van der Waals surface area contributed by atoms with Gasteiger partial charge in [0.05, 0.1) is 12.8 Å². The van der Waals surface area contributed by atoms with E-state index in [-0.39, 0.29) is 29.7 Å². The molecule has 146 valence electrons. The third kappa shape index (κ3) is 5.96. The Kier molecular flexibility index (Phi) is 6.80. The summed E-state index contributed by atoms with van der Waals surface area (Å²) >= 11 is 0. The summed E-state index contributed by atoms with van der Waals surface area (Å²) in [6, 6.07) is 11.6. The van der Waals surface area contributed by atoms with E-state index >= 15 is 0 Å². The van der Waals surface area contributed by atoms with Gasteiger partial charge in [0.1, 0.15) is 0 Å². The van der Waals surface area contributed by atoms with Crippen LogP contribution in [0.3, 0.4) is 0 Å².